The Labute approximate surface area is 101 Å². The first-order valence-electron chi connectivity index (χ1n) is 5.20. The first-order chi connectivity index (χ1) is 8.58. The van der Waals surface area contributed by atoms with Crippen molar-refractivity contribution in [1.82, 2.24) is 0 Å². The zero-order chi connectivity index (χ0) is 13.1. The van der Waals surface area contributed by atoms with Crippen LogP contribution in [0.4, 0.5) is 23.2 Å². The summed E-state index contributed by atoms with van der Waals surface area (Å²) < 4.78 is 52.1. The molecule has 0 unspecified atom stereocenters. The van der Waals surface area contributed by atoms with Crippen molar-refractivity contribution in [3.8, 4) is 0 Å². The quantitative estimate of drug-likeness (QED) is 0.821. The number of rotatable bonds is 3. The molecule has 0 saturated heterocycles. The van der Waals surface area contributed by atoms with Crippen molar-refractivity contribution in [2.24, 2.45) is 0 Å². The maximum absolute atomic E-state index is 13.3. The van der Waals surface area contributed by atoms with Crippen molar-refractivity contribution in [2.45, 2.75) is 6.54 Å². The second-order valence-corrected chi connectivity index (χ2v) is 3.69. The zero-order valence-corrected chi connectivity index (χ0v) is 9.18. The van der Waals surface area contributed by atoms with Gasteiger partial charge in [-0.05, 0) is 18.2 Å². The number of hydrogen-bond donors (Lipinski definition) is 1. The molecule has 0 aromatic heterocycles. The maximum atomic E-state index is 13.3. The van der Waals surface area contributed by atoms with Gasteiger partial charge in [-0.1, -0.05) is 12.1 Å². The number of benzene rings is 2. The standard InChI is InChI=1S/C13H9F4N/c14-9-5-4-8(11(16)6-9)7-18-12-3-1-2-10(15)13(12)17/h1-6,18H,7H2. The van der Waals surface area contributed by atoms with Crippen LogP contribution in [-0.4, -0.2) is 0 Å². The molecule has 0 amide bonds. The third-order valence-electron chi connectivity index (χ3n) is 2.44. The summed E-state index contributed by atoms with van der Waals surface area (Å²) in [6, 6.07) is 6.73. The molecular weight excluding hydrogens is 246 g/mol. The summed E-state index contributed by atoms with van der Waals surface area (Å²) in [6.45, 7) is -0.0630. The molecule has 0 fully saturated rings. The Kier molecular flexibility index (Phi) is 3.50. The van der Waals surface area contributed by atoms with Crippen molar-refractivity contribution in [3.63, 3.8) is 0 Å². The van der Waals surface area contributed by atoms with E-state index in [0.29, 0.717) is 0 Å². The van der Waals surface area contributed by atoms with E-state index in [1.54, 1.807) is 0 Å². The van der Waals surface area contributed by atoms with Crippen LogP contribution in [0, 0.1) is 23.3 Å². The summed E-state index contributed by atoms with van der Waals surface area (Å²) in [5, 5.41) is 2.55. The van der Waals surface area contributed by atoms with Gasteiger partial charge in [-0.15, -0.1) is 0 Å². The average Bonchev–Trinajstić information content (AvgIpc) is 2.33. The minimum atomic E-state index is -1.03. The third kappa shape index (κ3) is 2.61. The molecule has 2 aromatic rings. The van der Waals surface area contributed by atoms with Crippen molar-refractivity contribution < 1.29 is 17.6 Å². The highest BCUT2D eigenvalue weighted by Gasteiger charge is 2.08. The lowest BCUT2D eigenvalue weighted by molar-refractivity contribution is 0.510. The van der Waals surface area contributed by atoms with Gasteiger partial charge in [-0.2, -0.15) is 0 Å². The van der Waals surface area contributed by atoms with Crippen LogP contribution in [0.3, 0.4) is 0 Å². The van der Waals surface area contributed by atoms with Gasteiger partial charge in [0.05, 0.1) is 5.69 Å². The molecule has 1 nitrogen and oxygen atoms in total. The highest BCUT2D eigenvalue weighted by molar-refractivity contribution is 5.45. The van der Waals surface area contributed by atoms with Gasteiger partial charge in [0.25, 0.3) is 0 Å². The molecule has 0 spiro atoms. The predicted molar refractivity (Wildman–Crippen MR) is 60.0 cm³/mol. The minimum absolute atomic E-state index is 0.0630. The molecular formula is C13H9F4N. The van der Waals surface area contributed by atoms with Gasteiger partial charge >= 0.3 is 0 Å². The number of hydrogen-bond acceptors (Lipinski definition) is 1. The lowest BCUT2D eigenvalue weighted by Gasteiger charge is -2.08. The summed E-state index contributed by atoms with van der Waals surface area (Å²) in [6.07, 6.45) is 0. The van der Waals surface area contributed by atoms with Gasteiger partial charge in [0, 0.05) is 18.2 Å². The van der Waals surface area contributed by atoms with Crippen LogP contribution in [0.15, 0.2) is 36.4 Å². The smallest absolute Gasteiger partial charge is 0.181 e. The number of anilines is 1. The summed E-state index contributed by atoms with van der Waals surface area (Å²) in [4.78, 5) is 0. The van der Waals surface area contributed by atoms with Crippen molar-refractivity contribution >= 4 is 5.69 Å². The zero-order valence-electron chi connectivity index (χ0n) is 9.18. The summed E-state index contributed by atoms with van der Waals surface area (Å²) >= 11 is 0. The van der Waals surface area contributed by atoms with Gasteiger partial charge in [-0.25, -0.2) is 17.6 Å². The van der Waals surface area contributed by atoms with Crippen LogP contribution in [-0.2, 0) is 6.54 Å². The lowest BCUT2D eigenvalue weighted by atomic mass is 10.2. The Morgan fingerprint density at radius 3 is 2.39 bits per heavy atom. The van der Waals surface area contributed by atoms with Crippen LogP contribution in [0.1, 0.15) is 5.56 Å². The van der Waals surface area contributed by atoms with E-state index in [4.69, 9.17) is 0 Å². The topological polar surface area (TPSA) is 12.0 Å². The molecule has 2 aromatic carbocycles. The molecule has 94 valence electrons. The molecule has 0 heterocycles. The van der Waals surface area contributed by atoms with Crippen molar-refractivity contribution in [2.75, 3.05) is 5.32 Å². The van der Waals surface area contributed by atoms with Crippen molar-refractivity contribution in [3.05, 3.63) is 65.2 Å². The fourth-order valence-corrected chi connectivity index (χ4v) is 1.50. The molecule has 5 heteroatoms. The van der Waals surface area contributed by atoms with Crippen LogP contribution in [0.2, 0.25) is 0 Å². The van der Waals surface area contributed by atoms with Crippen LogP contribution >= 0.6 is 0 Å². The molecule has 2 rings (SSSR count). The van der Waals surface area contributed by atoms with Gasteiger partial charge in [0.2, 0.25) is 0 Å². The van der Waals surface area contributed by atoms with E-state index in [1.807, 2.05) is 0 Å². The van der Waals surface area contributed by atoms with Crippen LogP contribution in [0.25, 0.3) is 0 Å². The Balaban J connectivity index is 2.14. The van der Waals surface area contributed by atoms with Crippen LogP contribution < -0.4 is 5.32 Å². The van der Waals surface area contributed by atoms with E-state index in [2.05, 4.69) is 5.32 Å². The Bertz CT molecular complexity index is 569. The minimum Gasteiger partial charge on any atom is -0.378 e. The monoisotopic (exact) mass is 255 g/mol. The molecule has 18 heavy (non-hydrogen) atoms. The van der Waals surface area contributed by atoms with Gasteiger partial charge in [0.1, 0.15) is 11.6 Å². The molecule has 0 saturated carbocycles. The maximum Gasteiger partial charge on any atom is 0.181 e. The fraction of sp³-hybridized carbons (Fsp3) is 0.0769. The van der Waals surface area contributed by atoms with E-state index in [0.717, 1.165) is 18.2 Å². The molecule has 0 bridgehead atoms. The Morgan fingerprint density at radius 1 is 0.889 bits per heavy atom. The second kappa shape index (κ2) is 5.08. The summed E-state index contributed by atoms with van der Waals surface area (Å²) in [7, 11) is 0. The van der Waals surface area contributed by atoms with E-state index in [-0.39, 0.29) is 17.8 Å². The van der Waals surface area contributed by atoms with E-state index < -0.39 is 23.3 Å². The van der Waals surface area contributed by atoms with Crippen molar-refractivity contribution in [1.29, 1.82) is 0 Å². The van der Waals surface area contributed by atoms with Gasteiger partial charge in [-0.3, -0.25) is 0 Å². The Hall–Kier alpha value is -2.04. The van der Waals surface area contributed by atoms with E-state index >= 15 is 0 Å². The SMILES string of the molecule is Fc1ccc(CNc2cccc(F)c2F)c(F)c1. The molecule has 0 radical (unpaired) electrons. The second-order valence-electron chi connectivity index (χ2n) is 3.69. The Morgan fingerprint density at radius 2 is 1.67 bits per heavy atom. The first-order valence-corrected chi connectivity index (χ1v) is 5.20. The molecule has 0 aliphatic heterocycles. The van der Waals surface area contributed by atoms with E-state index in [1.165, 1.54) is 18.2 Å². The molecule has 0 aliphatic carbocycles. The third-order valence-corrected chi connectivity index (χ3v) is 2.44. The van der Waals surface area contributed by atoms with E-state index in [9.17, 15) is 17.6 Å². The fourth-order valence-electron chi connectivity index (χ4n) is 1.50. The molecule has 1 N–H and O–H groups in total. The highest BCUT2D eigenvalue weighted by Crippen LogP contribution is 2.18. The van der Waals surface area contributed by atoms with Gasteiger partial charge < -0.3 is 5.32 Å². The molecule has 0 atom stereocenters. The normalized spacial score (nSPS) is 10.4. The van der Waals surface area contributed by atoms with Crippen LogP contribution in [0.5, 0.6) is 0 Å². The number of halogens is 4. The average molecular weight is 255 g/mol. The van der Waals surface area contributed by atoms with Gasteiger partial charge in [0.15, 0.2) is 11.6 Å². The summed E-state index contributed by atoms with van der Waals surface area (Å²) in [5.74, 6) is -3.44. The predicted octanol–water partition coefficient (Wildman–Crippen LogP) is 3.86. The largest absolute Gasteiger partial charge is 0.378 e. The highest BCUT2D eigenvalue weighted by atomic mass is 19.2. The number of nitrogens with one attached hydrogen (secondary N) is 1. The first kappa shape index (κ1) is 12.4. The summed E-state index contributed by atoms with van der Waals surface area (Å²) in [5.41, 5.74) is 0.0961. The molecule has 0 aliphatic rings. The lowest BCUT2D eigenvalue weighted by Crippen LogP contribution is -2.04.